The van der Waals surface area contributed by atoms with Gasteiger partial charge in [-0.1, -0.05) is 0 Å². The molecule has 0 fully saturated rings. The van der Waals surface area contributed by atoms with Gasteiger partial charge in [-0.3, -0.25) is 9.59 Å². The number of methoxy groups -OCH3 is 2. The smallest absolute Gasteiger partial charge is 0.303 e. The summed E-state index contributed by atoms with van der Waals surface area (Å²) in [6.07, 6.45) is 1.40. The molecule has 1 rings (SSSR count). The first kappa shape index (κ1) is 16.5. The van der Waals surface area contributed by atoms with Gasteiger partial charge in [-0.15, -0.1) is 0 Å². The van der Waals surface area contributed by atoms with Crippen LogP contribution in [0.25, 0.3) is 0 Å². The fraction of sp³-hybridized carbons (Fsp3) is 0.429. The average Bonchev–Trinajstić information content (AvgIpc) is 2.42. The minimum absolute atomic E-state index is 0.0735. The van der Waals surface area contributed by atoms with Gasteiger partial charge in [-0.2, -0.15) is 0 Å². The number of ether oxygens (including phenoxy) is 2. The molecule has 0 saturated heterocycles. The molecule has 1 aromatic carbocycles. The average molecular weight is 345 g/mol. The second kappa shape index (κ2) is 7.89. The first-order valence-corrected chi connectivity index (χ1v) is 6.96. The van der Waals surface area contributed by atoms with E-state index in [-0.39, 0.29) is 12.2 Å². The van der Waals surface area contributed by atoms with Crippen molar-refractivity contribution in [3.8, 4) is 11.5 Å². The zero-order valence-corrected chi connectivity index (χ0v) is 13.0. The van der Waals surface area contributed by atoms with Gasteiger partial charge in [0, 0.05) is 12.8 Å². The van der Waals surface area contributed by atoms with Crippen molar-refractivity contribution in [2.24, 2.45) is 0 Å². The van der Waals surface area contributed by atoms with E-state index in [4.69, 9.17) is 14.6 Å². The number of hydrogen-bond donors (Lipinski definition) is 1. The van der Waals surface area contributed by atoms with Gasteiger partial charge in [0.15, 0.2) is 5.78 Å². The number of carboxylic acid groups (broad SMARTS) is 1. The second-order valence-corrected chi connectivity index (χ2v) is 4.98. The van der Waals surface area contributed by atoms with E-state index in [9.17, 15) is 9.59 Å². The summed E-state index contributed by atoms with van der Waals surface area (Å²) >= 11 is 3.34. The van der Waals surface area contributed by atoms with Gasteiger partial charge < -0.3 is 14.6 Å². The SMILES string of the molecule is COc1ccc(C(=O)CCCCC(=O)O)c(OC)c1Br. The van der Waals surface area contributed by atoms with E-state index in [1.54, 1.807) is 12.1 Å². The van der Waals surface area contributed by atoms with Crippen molar-refractivity contribution in [1.82, 2.24) is 0 Å². The predicted octanol–water partition coefficient (Wildman–Crippen LogP) is 3.29. The lowest BCUT2D eigenvalue weighted by Gasteiger charge is -2.12. The van der Waals surface area contributed by atoms with Crippen molar-refractivity contribution < 1.29 is 24.2 Å². The Labute approximate surface area is 126 Å². The van der Waals surface area contributed by atoms with Crippen LogP contribution in [0.5, 0.6) is 11.5 Å². The molecule has 1 N–H and O–H groups in total. The number of carbonyl (C=O) groups excluding carboxylic acids is 1. The maximum atomic E-state index is 12.1. The number of halogens is 1. The lowest BCUT2D eigenvalue weighted by Crippen LogP contribution is -2.04. The zero-order chi connectivity index (χ0) is 15.1. The number of benzene rings is 1. The third-order valence-electron chi connectivity index (χ3n) is 2.83. The van der Waals surface area contributed by atoms with Gasteiger partial charge in [0.05, 0.1) is 19.8 Å². The van der Waals surface area contributed by atoms with E-state index in [1.165, 1.54) is 14.2 Å². The number of carboxylic acids is 1. The van der Waals surface area contributed by atoms with Crippen molar-refractivity contribution in [2.45, 2.75) is 25.7 Å². The molecule has 0 bridgehead atoms. The predicted molar refractivity (Wildman–Crippen MR) is 77.7 cm³/mol. The Bertz CT molecular complexity index is 499. The Morgan fingerprint density at radius 2 is 1.80 bits per heavy atom. The Balaban J connectivity index is 2.77. The number of unbranched alkanes of at least 4 members (excludes halogenated alkanes) is 1. The summed E-state index contributed by atoms with van der Waals surface area (Å²) in [7, 11) is 3.02. The highest BCUT2D eigenvalue weighted by molar-refractivity contribution is 9.10. The fourth-order valence-corrected chi connectivity index (χ4v) is 2.48. The van der Waals surface area contributed by atoms with Crippen LogP contribution in [0.1, 0.15) is 36.0 Å². The molecule has 0 radical (unpaired) electrons. The maximum Gasteiger partial charge on any atom is 0.303 e. The van der Waals surface area contributed by atoms with Gasteiger partial charge in [0.25, 0.3) is 0 Å². The summed E-state index contributed by atoms with van der Waals surface area (Å²) in [6, 6.07) is 3.35. The molecule has 0 aliphatic rings. The first-order valence-electron chi connectivity index (χ1n) is 6.16. The maximum absolute atomic E-state index is 12.1. The minimum atomic E-state index is -0.845. The van der Waals surface area contributed by atoms with Crippen molar-refractivity contribution in [3.63, 3.8) is 0 Å². The molecule has 1 aromatic rings. The first-order chi connectivity index (χ1) is 9.51. The standard InChI is InChI=1S/C14H17BrO5/c1-19-11-8-7-9(14(20-2)13(11)15)10(16)5-3-4-6-12(17)18/h7-8H,3-6H2,1-2H3,(H,17,18). The molecule has 0 aliphatic heterocycles. The molecule has 5 nitrogen and oxygen atoms in total. The van der Waals surface area contributed by atoms with Crippen LogP contribution in [0.2, 0.25) is 0 Å². The third-order valence-corrected chi connectivity index (χ3v) is 3.58. The van der Waals surface area contributed by atoms with Crippen LogP contribution in [-0.4, -0.2) is 31.1 Å². The summed E-state index contributed by atoms with van der Waals surface area (Å²) in [4.78, 5) is 22.5. The van der Waals surface area contributed by atoms with Gasteiger partial charge in [0.1, 0.15) is 16.0 Å². The number of aliphatic carboxylic acids is 1. The van der Waals surface area contributed by atoms with Gasteiger partial charge in [-0.25, -0.2) is 0 Å². The van der Waals surface area contributed by atoms with E-state index in [0.717, 1.165) is 0 Å². The molecule has 6 heteroatoms. The summed E-state index contributed by atoms with van der Waals surface area (Å²) < 4.78 is 11.0. The molecule has 20 heavy (non-hydrogen) atoms. The Morgan fingerprint density at radius 1 is 1.15 bits per heavy atom. The highest BCUT2D eigenvalue weighted by atomic mass is 79.9. The van der Waals surface area contributed by atoms with E-state index in [1.807, 2.05) is 0 Å². The molecule has 0 heterocycles. The van der Waals surface area contributed by atoms with Crippen LogP contribution in [-0.2, 0) is 4.79 Å². The quantitative estimate of drug-likeness (QED) is 0.578. The van der Waals surface area contributed by atoms with Crippen molar-refractivity contribution in [2.75, 3.05) is 14.2 Å². The normalized spacial score (nSPS) is 10.2. The molecular formula is C14H17BrO5. The van der Waals surface area contributed by atoms with Gasteiger partial charge >= 0.3 is 5.97 Å². The fourth-order valence-electron chi connectivity index (χ4n) is 1.81. The lowest BCUT2D eigenvalue weighted by molar-refractivity contribution is -0.137. The Kier molecular flexibility index (Phi) is 6.51. The molecule has 0 amide bonds. The number of carbonyl (C=O) groups is 2. The highest BCUT2D eigenvalue weighted by Gasteiger charge is 2.17. The molecule has 0 unspecified atom stereocenters. The molecular weight excluding hydrogens is 328 g/mol. The molecule has 110 valence electrons. The van der Waals surface area contributed by atoms with Gasteiger partial charge in [-0.05, 0) is 40.9 Å². The molecule has 0 saturated carbocycles. The van der Waals surface area contributed by atoms with Crippen LogP contribution in [0.3, 0.4) is 0 Å². The minimum Gasteiger partial charge on any atom is -0.495 e. The third kappa shape index (κ3) is 4.23. The highest BCUT2D eigenvalue weighted by Crippen LogP contribution is 2.37. The van der Waals surface area contributed by atoms with Gasteiger partial charge in [0.2, 0.25) is 0 Å². The molecule has 0 aliphatic carbocycles. The summed E-state index contributed by atoms with van der Waals surface area (Å²) in [6.45, 7) is 0. The zero-order valence-electron chi connectivity index (χ0n) is 11.4. The van der Waals surface area contributed by atoms with E-state index in [0.29, 0.717) is 40.8 Å². The Morgan fingerprint density at radius 3 is 2.35 bits per heavy atom. The van der Waals surface area contributed by atoms with E-state index in [2.05, 4.69) is 15.9 Å². The second-order valence-electron chi connectivity index (χ2n) is 4.19. The summed E-state index contributed by atoms with van der Waals surface area (Å²) in [5.41, 5.74) is 0.468. The van der Waals surface area contributed by atoms with Crippen LogP contribution in [0.4, 0.5) is 0 Å². The van der Waals surface area contributed by atoms with Crippen LogP contribution in [0, 0.1) is 0 Å². The monoisotopic (exact) mass is 344 g/mol. The number of hydrogen-bond acceptors (Lipinski definition) is 4. The molecule has 0 spiro atoms. The van der Waals surface area contributed by atoms with E-state index >= 15 is 0 Å². The summed E-state index contributed by atoms with van der Waals surface area (Å²) in [5.74, 6) is 0.106. The summed E-state index contributed by atoms with van der Waals surface area (Å²) in [5, 5.41) is 8.55. The number of rotatable bonds is 8. The van der Waals surface area contributed by atoms with Crippen LogP contribution >= 0.6 is 15.9 Å². The van der Waals surface area contributed by atoms with Crippen molar-refractivity contribution >= 4 is 27.7 Å². The molecule has 0 aromatic heterocycles. The number of ketones is 1. The number of Topliss-reactive ketones (excluding diaryl/α,β-unsaturated/α-hetero) is 1. The van der Waals surface area contributed by atoms with Crippen molar-refractivity contribution in [3.05, 3.63) is 22.2 Å². The van der Waals surface area contributed by atoms with E-state index < -0.39 is 5.97 Å². The van der Waals surface area contributed by atoms with Crippen LogP contribution in [0.15, 0.2) is 16.6 Å². The Hall–Kier alpha value is -1.56. The lowest BCUT2D eigenvalue weighted by atomic mass is 10.0. The van der Waals surface area contributed by atoms with Crippen LogP contribution < -0.4 is 9.47 Å². The molecule has 0 atom stereocenters. The largest absolute Gasteiger partial charge is 0.495 e. The van der Waals surface area contributed by atoms with Crippen molar-refractivity contribution in [1.29, 1.82) is 0 Å². The topological polar surface area (TPSA) is 72.8 Å².